The topological polar surface area (TPSA) is 41.1 Å². The molecule has 0 aromatic rings. The van der Waals surface area contributed by atoms with Gasteiger partial charge in [0, 0.05) is 25.6 Å². The Hall–Kier alpha value is -0.570. The molecule has 3 heteroatoms. The fourth-order valence-electron chi connectivity index (χ4n) is 1.50. The van der Waals surface area contributed by atoms with Crippen LogP contribution in [0.15, 0.2) is 0 Å². The van der Waals surface area contributed by atoms with Crippen LogP contribution in [0.2, 0.25) is 0 Å². The van der Waals surface area contributed by atoms with Crippen LogP contribution in [0.4, 0.5) is 0 Å². The Balaban J connectivity index is 2.26. The molecule has 12 heavy (non-hydrogen) atoms. The predicted octanol–water partition coefficient (Wildman–Crippen LogP) is 0.655. The van der Waals surface area contributed by atoms with E-state index in [2.05, 4.69) is 17.6 Å². The standard InChI is InChI=1S/C9H18N2O/c1-2-3-4-8-7-9(12)11-6-5-10-8/h8,10H,2-7H2,1H3,(H,11,12). The van der Waals surface area contributed by atoms with Crippen LogP contribution in [-0.4, -0.2) is 25.0 Å². The highest BCUT2D eigenvalue weighted by Gasteiger charge is 2.15. The van der Waals surface area contributed by atoms with Gasteiger partial charge in [-0.25, -0.2) is 0 Å². The van der Waals surface area contributed by atoms with Crippen LogP contribution in [-0.2, 0) is 4.79 Å². The molecule has 1 fully saturated rings. The zero-order chi connectivity index (χ0) is 8.81. The molecular formula is C9H18N2O. The minimum absolute atomic E-state index is 0.195. The molecule has 3 nitrogen and oxygen atoms in total. The van der Waals surface area contributed by atoms with E-state index in [4.69, 9.17) is 0 Å². The summed E-state index contributed by atoms with van der Waals surface area (Å²) >= 11 is 0. The van der Waals surface area contributed by atoms with Crippen LogP contribution < -0.4 is 10.6 Å². The zero-order valence-electron chi connectivity index (χ0n) is 7.73. The minimum Gasteiger partial charge on any atom is -0.355 e. The van der Waals surface area contributed by atoms with Crippen molar-refractivity contribution >= 4 is 5.91 Å². The van der Waals surface area contributed by atoms with Gasteiger partial charge in [-0.3, -0.25) is 4.79 Å². The first-order valence-electron chi connectivity index (χ1n) is 4.83. The molecule has 0 bridgehead atoms. The van der Waals surface area contributed by atoms with E-state index in [1.54, 1.807) is 0 Å². The molecule has 1 saturated heterocycles. The Kier molecular flexibility index (Phi) is 4.08. The molecule has 1 unspecified atom stereocenters. The maximum atomic E-state index is 11.1. The lowest BCUT2D eigenvalue weighted by Crippen LogP contribution is -2.29. The second-order valence-electron chi connectivity index (χ2n) is 3.35. The number of hydrogen-bond donors (Lipinski definition) is 2. The highest BCUT2D eigenvalue weighted by molar-refractivity contribution is 5.76. The molecule has 0 aromatic carbocycles. The maximum Gasteiger partial charge on any atom is 0.221 e. The quantitative estimate of drug-likeness (QED) is 0.653. The van der Waals surface area contributed by atoms with Gasteiger partial charge in [0.25, 0.3) is 0 Å². The predicted molar refractivity (Wildman–Crippen MR) is 48.9 cm³/mol. The zero-order valence-corrected chi connectivity index (χ0v) is 7.73. The van der Waals surface area contributed by atoms with Gasteiger partial charge in [0.15, 0.2) is 0 Å². The van der Waals surface area contributed by atoms with Crippen molar-refractivity contribution in [2.45, 2.75) is 38.6 Å². The third-order valence-electron chi connectivity index (χ3n) is 2.22. The summed E-state index contributed by atoms with van der Waals surface area (Å²) in [6, 6.07) is 0.410. The van der Waals surface area contributed by atoms with Gasteiger partial charge in [0.05, 0.1) is 0 Å². The fourth-order valence-corrected chi connectivity index (χ4v) is 1.50. The molecule has 0 spiro atoms. The minimum atomic E-state index is 0.195. The number of carbonyl (C=O) groups is 1. The van der Waals surface area contributed by atoms with E-state index in [1.165, 1.54) is 12.8 Å². The van der Waals surface area contributed by atoms with Gasteiger partial charge in [-0.05, 0) is 6.42 Å². The first kappa shape index (κ1) is 9.52. The molecule has 0 aliphatic carbocycles. The normalized spacial score (nSPS) is 24.8. The molecule has 1 aliphatic heterocycles. The van der Waals surface area contributed by atoms with Crippen molar-refractivity contribution in [1.82, 2.24) is 10.6 Å². The Labute approximate surface area is 73.9 Å². The first-order chi connectivity index (χ1) is 5.83. The molecule has 70 valence electrons. The Morgan fingerprint density at radius 1 is 1.50 bits per heavy atom. The molecule has 1 rings (SSSR count). The fraction of sp³-hybridized carbons (Fsp3) is 0.889. The van der Waals surface area contributed by atoms with Crippen LogP contribution in [0.25, 0.3) is 0 Å². The molecule has 0 radical (unpaired) electrons. The largest absolute Gasteiger partial charge is 0.355 e. The van der Waals surface area contributed by atoms with Gasteiger partial charge >= 0.3 is 0 Å². The summed E-state index contributed by atoms with van der Waals surface area (Å²) in [6.07, 6.45) is 4.20. The van der Waals surface area contributed by atoms with Crippen LogP contribution in [0.3, 0.4) is 0 Å². The molecule has 1 aliphatic rings. The van der Waals surface area contributed by atoms with Crippen molar-refractivity contribution in [3.05, 3.63) is 0 Å². The average molecular weight is 170 g/mol. The molecule has 0 saturated carbocycles. The number of hydrogen-bond acceptors (Lipinski definition) is 2. The summed E-state index contributed by atoms with van der Waals surface area (Å²) in [5.41, 5.74) is 0. The number of unbranched alkanes of at least 4 members (excludes halogenated alkanes) is 1. The van der Waals surface area contributed by atoms with Gasteiger partial charge in [0.1, 0.15) is 0 Å². The van der Waals surface area contributed by atoms with Gasteiger partial charge in [-0.15, -0.1) is 0 Å². The van der Waals surface area contributed by atoms with Crippen molar-refractivity contribution in [2.24, 2.45) is 0 Å². The van der Waals surface area contributed by atoms with Gasteiger partial charge < -0.3 is 10.6 Å². The van der Waals surface area contributed by atoms with Crippen molar-refractivity contribution in [3.63, 3.8) is 0 Å². The number of rotatable bonds is 3. The molecule has 1 atom stereocenters. The second kappa shape index (κ2) is 5.14. The first-order valence-corrected chi connectivity index (χ1v) is 4.83. The number of carbonyl (C=O) groups excluding carboxylic acids is 1. The van der Waals surface area contributed by atoms with Crippen molar-refractivity contribution in [3.8, 4) is 0 Å². The highest BCUT2D eigenvalue weighted by Crippen LogP contribution is 2.05. The van der Waals surface area contributed by atoms with Gasteiger partial charge in [-0.2, -0.15) is 0 Å². The third kappa shape index (κ3) is 3.22. The van der Waals surface area contributed by atoms with Crippen LogP contribution in [0, 0.1) is 0 Å². The average Bonchev–Trinajstić information content (AvgIpc) is 2.26. The van der Waals surface area contributed by atoms with E-state index >= 15 is 0 Å². The summed E-state index contributed by atoms with van der Waals surface area (Å²) < 4.78 is 0. The summed E-state index contributed by atoms with van der Waals surface area (Å²) in [6.45, 7) is 3.87. The Bertz CT molecular complexity index is 147. The Morgan fingerprint density at radius 3 is 3.08 bits per heavy atom. The SMILES string of the molecule is CCCCC1CC(=O)NCCN1. The van der Waals surface area contributed by atoms with Gasteiger partial charge in [0.2, 0.25) is 5.91 Å². The summed E-state index contributed by atoms with van der Waals surface area (Å²) in [5, 5.41) is 6.21. The van der Waals surface area contributed by atoms with Crippen molar-refractivity contribution in [1.29, 1.82) is 0 Å². The van der Waals surface area contributed by atoms with E-state index in [0.717, 1.165) is 19.5 Å². The van der Waals surface area contributed by atoms with E-state index in [0.29, 0.717) is 12.5 Å². The van der Waals surface area contributed by atoms with E-state index < -0.39 is 0 Å². The van der Waals surface area contributed by atoms with Crippen LogP contribution in [0.1, 0.15) is 32.6 Å². The molecule has 0 aromatic heterocycles. The lowest BCUT2D eigenvalue weighted by molar-refractivity contribution is -0.121. The second-order valence-corrected chi connectivity index (χ2v) is 3.35. The molecule has 1 amide bonds. The lowest BCUT2D eigenvalue weighted by atomic mass is 10.1. The van der Waals surface area contributed by atoms with E-state index in [-0.39, 0.29) is 5.91 Å². The van der Waals surface area contributed by atoms with Crippen LogP contribution in [0.5, 0.6) is 0 Å². The summed E-state index contributed by atoms with van der Waals surface area (Å²) in [7, 11) is 0. The van der Waals surface area contributed by atoms with Crippen LogP contribution >= 0.6 is 0 Å². The monoisotopic (exact) mass is 170 g/mol. The van der Waals surface area contributed by atoms with Gasteiger partial charge in [-0.1, -0.05) is 19.8 Å². The smallest absolute Gasteiger partial charge is 0.221 e. The lowest BCUT2D eigenvalue weighted by Gasteiger charge is -2.12. The van der Waals surface area contributed by atoms with E-state index in [1.807, 2.05) is 0 Å². The Morgan fingerprint density at radius 2 is 2.33 bits per heavy atom. The maximum absolute atomic E-state index is 11.1. The molecule has 2 N–H and O–H groups in total. The third-order valence-corrected chi connectivity index (χ3v) is 2.22. The molecule has 1 heterocycles. The van der Waals surface area contributed by atoms with Crippen molar-refractivity contribution < 1.29 is 4.79 Å². The summed E-state index contributed by atoms with van der Waals surface area (Å²) in [5.74, 6) is 0.195. The summed E-state index contributed by atoms with van der Waals surface area (Å²) in [4.78, 5) is 11.1. The number of amides is 1. The van der Waals surface area contributed by atoms with Crippen molar-refractivity contribution in [2.75, 3.05) is 13.1 Å². The van der Waals surface area contributed by atoms with E-state index in [9.17, 15) is 4.79 Å². The number of nitrogens with one attached hydrogen (secondary N) is 2. The highest BCUT2D eigenvalue weighted by atomic mass is 16.1. The molecular weight excluding hydrogens is 152 g/mol.